The minimum absolute atomic E-state index is 0.0686. The molecule has 6 heteroatoms. The summed E-state index contributed by atoms with van der Waals surface area (Å²) in [5.74, 6) is 6.19. The van der Waals surface area contributed by atoms with Crippen LogP contribution in [0, 0.1) is 0 Å². The van der Waals surface area contributed by atoms with Crippen LogP contribution in [0.1, 0.15) is 76.0 Å². The van der Waals surface area contributed by atoms with Crippen LogP contribution in [0.15, 0.2) is 194 Å². The van der Waals surface area contributed by atoms with Crippen molar-refractivity contribution in [2.75, 3.05) is 9.80 Å². The highest BCUT2D eigenvalue weighted by atomic mass is 16.5. The SMILES string of the molecule is CC(C)c1cc(C(C)C)c(B2c3cc(-c4ccc(N5c6ccccc6Oc6ccccc65)cc4)ccc3Oc3ccc(-c4ccc(N5c6ccccc6Oc6ccccc65)cc4)cc32)c(C(C)C)c1. The van der Waals surface area contributed by atoms with Crippen LogP contribution in [0.2, 0.25) is 0 Å². The van der Waals surface area contributed by atoms with E-state index < -0.39 is 0 Å². The lowest BCUT2D eigenvalue weighted by molar-refractivity contribution is 0.477. The Bertz CT molecular complexity index is 3120. The highest BCUT2D eigenvalue weighted by Crippen LogP contribution is 2.52. The zero-order valence-electron chi connectivity index (χ0n) is 39.9. The molecule has 3 aliphatic rings. The van der Waals surface area contributed by atoms with Crippen molar-refractivity contribution in [3.05, 3.63) is 211 Å². The second kappa shape index (κ2) is 17.0. The van der Waals surface area contributed by atoms with Crippen LogP contribution in [0.3, 0.4) is 0 Å². The number of fused-ring (bicyclic) bond motifs is 6. The third kappa shape index (κ3) is 7.34. The summed E-state index contributed by atoms with van der Waals surface area (Å²) in [7, 11) is 0. The monoisotopic (exact) mass is 896 g/mol. The molecule has 0 aromatic heterocycles. The van der Waals surface area contributed by atoms with Crippen molar-refractivity contribution in [3.63, 3.8) is 0 Å². The smallest absolute Gasteiger partial charge is 0.251 e. The van der Waals surface area contributed by atoms with E-state index >= 15 is 0 Å². The standard InChI is InChI=1S/C63H53BN2O3/c1-39(2)46-35-49(40(3)4)63(50(36-46)41(5)6)64-51-37-44(42-23-29-47(30-24-42)65-53-15-7-11-19-59(53)68-60-20-12-8-16-54(60)65)27-33-57(51)67-58-34-28-45(38-52(58)64)43-25-31-48(32-26-43)66-55-17-9-13-21-61(55)69-62-22-14-10-18-56(62)66/h7-41H,1-6H3. The van der Waals surface area contributed by atoms with Crippen molar-refractivity contribution in [1.29, 1.82) is 0 Å². The Kier molecular flexibility index (Phi) is 10.4. The van der Waals surface area contributed by atoms with Gasteiger partial charge in [0, 0.05) is 11.4 Å². The molecule has 0 fully saturated rings. The molecule has 0 saturated heterocycles. The first-order valence-electron chi connectivity index (χ1n) is 24.3. The molecule has 0 atom stereocenters. The van der Waals surface area contributed by atoms with Crippen LogP contribution < -0.4 is 40.4 Å². The minimum atomic E-state index is -0.0686. The number of benzene rings is 9. The first-order chi connectivity index (χ1) is 33.7. The van der Waals surface area contributed by atoms with Crippen LogP contribution in [0.4, 0.5) is 34.1 Å². The van der Waals surface area contributed by atoms with E-state index in [1.807, 2.05) is 48.5 Å². The summed E-state index contributed by atoms with van der Waals surface area (Å²) in [6, 6.07) is 69.4. The lowest BCUT2D eigenvalue weighted by Gasteiger charge is -2.33. The number of rotatable bonds is 8. The Morgan fingerprint density at radius 1 is 0.333 bits per heavy atom. The van der Waals surface area contributed by atoms with E-state index in [1.165, 1.54) is 33.1 Å². The molecule has 0 N–H and O–H groups in total. The summed E-state index contributed by atoms with van der Waals surface area (Å²) >= 11 is 0. The third-order valence-corrected chi connectivity index (χ3v) is 14.1. The predicted octanol–water partition coefficient (Wildman–Crippen LogP) is 16.2. The molecule has 0 saturated carbocycles. The van der Waals surface area contributed by atoms with Crippen molar-refractivity contribution < 1.29 is 14.2 Å². The number of anilines is 6. The molecular formula is C63H53BN2O3. The molecule has 3 aliphatic heterocycles. The molecule has 12 rings (SSSR count). The van der Waals surface area contributed by atoms with Crippen molar-refractivity contribution >= 4 is 57.2 Å². The highest BCUT2D eigenvalue weighted by Gasteiger charge is 2.37. The fourth-order valence-electron chi connectivity index (χ4n) is 10.6. The number of hydrogen-bond donors (Lipinski definition) is 0. The molecule has 69 heavy (non-hydrogen) atoms. The van der Waals surface area contributed by atoms with Crippen LogP contribution >= 0.6 is 0 Å². The molecule has 5 nitrogen and oxygen atoms in total. The van der Waals surface area contributed by atoms with Crippen molar-refractivity contribution in [1.82, 2.24) is 0 Å². The van der Waals surface area contributed by atoms with Gasteiger partial charge in [-0.2, -0.15) is 0 Å². The summed E-state index contributed by atoms with van der Waals surface area (Å²) in [6.07, 6.45) is 0. The van der Waals surface area contributed by atoms with E-state index in [1.54, 1.807) is 0 Å². The number of para-hydroxylation sites is 8. The number of ether oxygens (including phenoxy) is 3. The van der Waals surface area contributed by atoms with Gasteiger partial charge in [-0.15, -0.1) is 0 Å². The zero-order chi connectivity index (χ0) is 46.9. The van der Waals surface area contributed by atoms with Gasteiger partial charge >= 0.3 is 0 Å². The molecule has 9 aromatic carbocycles. The highest BCUT2D eigenvalue weighted by molar-refractivity contribution is 6.97. The van der Waals surface area contributed by atoms with Crippen molar-refractivity contribution in [2.24, 2.45) is 0 Å². The fraction of sp³-hybridized carbons (Fsp3) is 0.143. The maximum absolute atomic E-state index is 6.97. The summed E-state index contributed by atoms with van der Waals surface area (Å²) in [5, 5.41) is 0. The van der Waals surface area contributed by atoms with Crippen LogP contribution in [-0.4, -0.2) is 6.71 Å². The van der Waals surface area contributed by atoms with E-state index in [4.69, 9.17) is 14.2 Å². The quantitative estimate of drug-likeness (QED) is 0.142. The summed E-state index contributed by atoms with van der Waals surface area (Å²) in [4.78, 5) is 4.58. The molecule has 0 unspecified atom stereocenters. The van der Waals surface area contributed by atoms with Gasteiger partial charge in [0.25, 0.3) is 6.71 Å². The van der Waals surface area contributed by atoms with Gasteiger partial charge in [0.05, 0.1) is 22.7 Å². The molecule has 0 radical (unpaired) electrons. The van der Waals surface area contributed by atoms with Gasteiger partial charge in [-0.1, -0.05) is 156 Å². The summed E-state index contributed by atoms with van der Waals surface area (Å²) < 4.78 is 19.6. The largest absolute Gasteiger partial charge is 0.458 e. The first-order valence-corrected chi connectivity index (χ1v) is 24.3. The number of hydrogen-bond acceptors (Lipinski definition) is 5. The molecule has 3 heterocycles. The van der Waals surface area contributed by atoms with E-state index in [-0.39, 0.29) is 6.71 Å². The Hall–Kier alpha value is -7.96. The summed E-state index contributed by atoms with van der Waals surface area (Å²) in [5.41, 5.74) is 18.7. The lowest BCUT2D eigenvalue weighted by Crippen LogP contribution is -2.57. The molecule has 0 amide bonds. The van der Waals surface area contributed by atoms with Gasteiger partial charge in [0.15, 0.2) is 23.0 Å². The average Bonchev–Trinajstić information content (AvgIpc) is 3.38. The Labute approximate surface area is 406 Å². The topological polar surface area (TPSA) is 34.2 Å². The molecule has 9 aromatic rings. The first kappa shape index (κ1) is 42.4. The molecule has 0 aliphatic carbocycles. The van der Waals surface area contributed by atoms with Gasteiger partial charge in [-0.05, 0) is 153 Å². The van der Waals surface area contributed by atoms with Gasteiger partial charge in [-0.3, -0.25) is 0 Å². The normalized spacial score (nSPS) is 13.1. The fourth-order valence-corrected chi connectivity index (χ4v) is 10.6. The Morgan fingerprint density at radius 2 is 0.667 bits per heavy atom. The van der Waals surface area contributed by atoms with Gasteiger partial charge < -0.3 is 24.0 Å². The van der Waals surface area contributed by atoms with Gasteiger partial charge in [0.1, 0.15) is 11.5 Å². The molecule has 0 bridgehead atoms. The summed E-state index contributed by atoms with van der Waals surface area (Å²) in [6.45, 7) is 13.9. The third-order valence-electron chi connectivity index (χ3n) is 14.1. The maximum Gasteiger partial charge on any atom is 0.251 e. The predicted molar refractivity (Wildman–Crippen MR) is 287 cm³/mol. The van der Waals surface area contributed by atoms with Crippen LogP contribution in [0.25, 0.3) is 22.3 Å². The second-order valence-corrected chi connectivity index (χ2v) is 19.5. The van der Waals surface area contributed by atoms with E-state index in [2.05, 4.69) is 197 Å². The maximum atomic E-state index is 6.97. The average molecular weight is 897 g/mol. The molecule has 336 valence electrons. The van der Waals surface area contributed by atoms with Crippen molar-refractivity contribution in [3.8, 4) is 56.8 Å². The van der Waals surface area contributed by atoms with Gasteiger partial charge in [0.2, 0.25) is 0 Å². The van der Waals surface area contributed by atoms with Crippen molar-refractivity contribution in [2.45, 2.75) is 59.3 Å². The Morgan fingerprint density at radius 3 is 1.01 bits per heavy atom. The number of nitrogens with zero attached hydrogens (tertiary/aromatic N) is 2. The lowest BCUT2D eigenvalue weighted by atomic mass is 9.33. The molecular weight excluding hydrogens is 844 g/mol. The zero-order valence-corrected chi connectivity index (χ0v) is 39.9. The van der Waals surface area contributed by atoms with E-state index in [0.29, 0.717) is 17.8 Å². The Balaban J connectivity index is 0.971. The van der Waals surface area contributed by atoms with Gasteiger partial charge in [-0.25, -0.2) is 0 Å². The second-order valence-electron chi connectivity index (χ2n) is 19.5. The van der Waals surface area contributed by atoms with E-state index in [0.717, 1.165) is 90.9 Å². The van der Waals surface area contributed by atoms with E-state index in [9.17, 15) is 0 Å². The van der Waals surface area contributed by atoms with Crippen LogP contribution in [-0.2, 0) is 0 Å². The molecule has 0 spiro atoms. The van der Waals surface area contributed by atoms with Crippen LogP contribution in [0.5, 0.6) is 34.5 Å². The minimum Gasteiger partial charge on any atom is -0.458 e.